The van der Waals surface area contributed by atoms with Crippen LogP contribution in [-0.2, 0) is 0 Å². The Morgan fingerprint density at radius 3 is 0.877 bits per heavy atom. The van der Waals surface area contributed by atoms with Gasteiger partial charge in [0, 0.05) is 135 Å². The molecule has 23 rings (SSSR count). The zero-order valence-electron chi connectivity index (χ0n) is 61.0. The molecule has 0 bridgehead atoms. The van der Waals surface area contributed by atoms with E-state index in [4.69, 9.17) is 29.9 Å². The van der Waals surface area contributed by atoms with E-state index < -0.39 is 0 Å². The van der Waals surface area contributed by atoms with E-state index >= 15 is 0 Å². The number of hydrogen-bond acceptors (Lipinski definition) is 12. The third-order valence-electron chi connectivity index (χ3n) is 21.9. The minimum Gasteiger partial charge on any atom is -0.254 e. The summed E-state index contributed by atoms with van der Waals surface area (Å²) in [5, 5.41) is 12.9. The molecule has 11 aromatic carbocycles. The largest absolute Gasteiger partial charge is 0.254 e. The van der Waals surface area contributed by atoms with E-state index in [1.165, 1.54) is 0 Å². The highest BCUT2D eigenvalue weighted by Gasteiger charge is 2.18. The van der Waals surface area contributed by atoms with Crippen LogP contribution in [-0.4, -0.2) is 59.8 Å². The van der Waals surface area contributed by atoms with Crippen LogP contribution in [0.4, 0.5) is 0 Å². The van der Waals surface area contributed by atoms with Crippen molar-refractivity contribution in [2.75, 3.05) is 0 Å². The summed E-state index contributed by atoms with van der Waals surface area (Å²) in [7, 11) is 0. The van der Waals surface area contributed by atoms with E-state index in [0.29, 0.717) is 0 Å². The quantitative estimate of drug-likeness (QED) is 0.126. The minimum absolute atomic E-state index is 0.888. The van der Waals surface area contributed by atoms with Crippen molar-refractivity contribution in [3.05, 3.63) is 365 Å². The second kappa shape index (κ2) is 27.2. The highest BCUT2D eigenvalue weighted by Crippen LogP contribution is 2.40. The SMILES string of the molecule is c1ccc(-c2ccc3ccc4ccc(-c5ccc(-c6ccc7cc(-c8ccc9nc(-c%10cc%11cccnc%11c%11ncccc%10%11)ccc9c8)ccc7n6)cc5)nc4c3n2)cc1.c1cnc2c(c1)ccc1c(-c3ccc(-c4ccc5cc(-c6ccc7nc(-c8cc9cccnc9c9ncccc89)ccc7c6)ccc5n4)cc3)ccnc12. The van der Waals surface area contributed by atoms with Crippen LogP contribution < -0.4 is 0 Å². The molecule has 12 heterocycles. The Balaban J connectivity index is 0.000000140. The molecular formula is C102H60N12. The summed E-state index contributed by atoms with van der Waals surface area (Å²) in [4.78, 5) is 58.5. The van der Waals surface area contributed by atoms with E-state index in [9.17, 15) is 0 Å². The van der Waals surface area contributed by atoms with Gasteiger partial charge in [-0.1, -0.05) is 194 Å². The number of hydrogen-bond donors (Lipinski definition) is 0. The second-order valence-electron chi connectivity index (χ2n) is 28.7. The lowest BCUT2D eigenvalue weighted by molar-refractivity contribution is 1.36. The van der Waals surface area contributed by atoms with Crippen molar-refractivity contribution in [1.82, 2.24) is 59.8 Å². The van der Waals surface area contributed by atoms with Crippen LogP contribution in [0.5, 0.6) is 0 Å². The smallest absolute Gasteiger partial charge is 0.0972 e. The first-order valence-corrected chi connectivity index (χ1v) is 37.9. The molecule has 0 amide bonds. The molecule has 0 aliphatic carbocycles. The van der Waals surface area contributed by atoms with Gasteiger partial charge in [0.05, 0.1) is 100 Å². The zero-order chi connectivity index (χ0) is 75.2. The number of aromatic nitrogens is 12. The van der Waals surface area contributed by atoms with Crippen molar-refractivity contribution in [3.8, 4) is 101 Å². The number of rotatable bonds is 9. The van der Waals surface area contributed by atoms with Gasteiger partial charge < -0.3 is 0 Å². The van der Waals surface area contributed by atoms with Crippen LogP contribution in [0.2, 0.25) is 0 Å². The van der Waals surface area contributed by atoms with Crippen LogP contribution in [0.3, 0.4) is 0 Å². The minimum atomic E-state index is 0.888. The molecule has 0 aliphatic rings. The van der Waals surface area contributed by atoms with Gasteiger partial charge >= 0.3 is 0 Å². The Hall–Kier alpha value is -15.7. The van der Waals surface area contributed by atoms with Crippen LogP contribution in [0.1, 0.15) is 0 Å². The summed E-state index contributed by atoms with van der Waals surface area (Å²) in [6, 6.07) is 114. The Morgan fingerprint density at radius 2 is 0.439 bits per heavy atom. The fourth-order valence-electron chi connectivity index (χ4n) is 16.2. The Labute approximate surface area is 652 Å². The van der Waals surface area contributed by atoms with Crippen molar-refractivity contribution >= 4 is 131 Å². The number of nitrogens with zero attached hydrogens (tertiary/aromatic N) is 12. The highest BCUT2D eigenvalue weighted by molar-refractivity contribution is 6.13. The maximum atomic E-state index is 5.15. The van der Waals surface area contributed by atoms with E-state index in [1.54, 1.807) is 0 Å². The fourth-order valence-corrected chi connectivity index (χ4v) is 16.2. The highest BCUT2D eigenvalue weighted by atomic mass is 14.8. The predicted octanol–water partition coefficient (Wildman–Crippen LogP) is 25.0. The zero-order valence-corrected chi connectivity index (χ0v) is 61.0. The number of pyridine rings is 12. The van der Waals surface area contributed by atoms with Gasteiger partial charge in [0.25, 0.3) is 0 Å². The van der Waals surface area contributed by atoms with Crippen molar-refractivity contribution < 1.29 is 0 Å². The Morgan fingerprint density at radius 1 is 0.140 bits per heavy atom. The van der Waals surface area contributed by atoms with Gasteiger partial charge in [-0.25, -0.2) is 29.9 Å². The molecule has 12 aromatic heterocycles. The lowest BCUT2D eigenvalue weighted by atomic mass is 9.98. The van der Waals surface area contributed by atoms with Crippen molar-refractivity contribution in [1.29, 1.82) is 0 Å². The fraction of sp³-hybridized carbons (Fsp3) is 0. The first-order valence-electron chi connectivity index (χ1n) is 37.9. The predicted molar refractivity (Wildman–Crippen MR) is 465 cm³/mol. The summed E-state index contributed by atoms with van der Waals surface area (Å²) in [5.41, 5.74) is 29.7. The third kappa shape index (κ3) is 11.7. The summed E-state index contributed by atoms with van der Waals surface area (Å²) in [6.45, 7) is 0. The monoisotopic (exact) mass is 1450 g/mol. The van der Waals surface area contributed by atoms with Gasteiger partial charge in [-0.3, -0.25) is 29.9 Å². The first kappa shape index (κ1) is 65.4. The summed E-state index contributed by atoms with van der Waals surface area (Å²) in [5.74, 6) is 0. The molecule has 23 aromatic rings. The van der Waals surface area contributed by atoms with E-state index in [-0.39, 0.29) is 0 Å². The molecule has 12 heteroatoms. The van der Waals surface area contributed by atoms with E-state index in [2.05, 4.69) is 309 Å². The van der Waals surface area contributed by atoms with Gasteiger partial charge in [-0.05, 0) is 167 Å². The third-order valence-corrected chi connectivity index (χ3v) is 21.9. The van der Waals surface area contributed by atoms with Gasteiger partial charge in [-0.15, -0.1) is 0 Å². The second-order valence-corrected chi connectivity index (χ2v) is 28.7. The summed E-state index contributed by atoms with van der Waals surface area (Å²) < 4.78 is 0. The maximum absolute atomic E-state index is 5.15. The molecule has 0 saturated heterocycles. The molecule has 0 spiro atoms. The first-order chi connectivity index (χ1) is 56.4. The van der Waals surface area contributed by atoms with Crippen LogP contribution in [0, 0.1) is 0 Å². The number of benzene rings is 11. The molecule has 0 aliphatic heterocycles. The molecule has 0 N–H and O–H groups in total. The normalized spacial score (nSPS) is 11.7. The molecule has 0 radical (unpaired) electrons. The Bertz CT molecular complexity index is 7870. The molecular weight excluding hydrogens is 1390 g/mol. The van der Waals surface area contributed by atoms with Gasteiger partial charge in [0.2, 0.25) is 0 Å². The summed E-state index contributed by atoms with van der Waals surface area (Å²) >= 11 is 0. The van der Waals surface area contributed by atoms with E-state index in [0.717, 1.165) is 232 Å². The van der Waals surface area contributed by atoms with Gasteiger partial charge in [-0.2, -0.15) is 0 Å². The molecule has 0 unspecified atom stereocenters. The van der Waals surface area contributed by atoms with Crippen LogP contribution in [0.25, 0.3) is 232 Å². The summed E-state index contributed by atoms with van der Waals surface area (Å²) in [6.07, 6.45) is 11.0. The number of fused-ring (bicyclic) bond motifs is 16. The molecule has 0 saturated carbocycles. The maximum Gasteiger partial charge on any atom is 0.0972 e. The average molecular weight is 1450 g/mol. The molecule has 12 nitrogen and oxygen atoms in total. The standard InChI is InChI=1S/C54H32N6.C48H28N6/c1-2-6-33(7-3-1)46-22-16-36-14-15-37-17-23-47(60-53(37)52(36)59-46)35-12-10-34(11-13-35)45-26-20-40-30-38(18-24-48(40)57-45)39-19-25-49-41(31-39)21-27-50(58-49)44-32-42-8-4-28-55-51(42)54-43(44)9-5-29-56-54;1-4-31-11-16-39-37(21-25-52-48(39)45(31)49-22-1)29-7-9-30(10-8-29)41-19-14-34-26-32(12-17-42(34)53-41)33-13-18-43-35(27-33)15-20-44(54-43)40-28-36-5-2-23-50-46(36)47-38(40)6-3-24-51-47/h1-32H;1-28H. The molecule has 0 atom stereocenters. The lowest BCUT2D eigenvalue weighted by Crippen LogP contribution is -1.91. The van der Waals surface area contributed by atoms with Crippen LogP contribution >= 0.6 is 0 Å². The van der Waals surface area contributed by atoms with Crippen molar-refractivity contribution in [2.45, 2.75) is 0 Å². The molecule has 0 fully saturated rings. The van der Waals surface area contributed by atoms with Crippen LogP contribution in [0.15, 0.2) is 365 Å². The van der Waals surface area contributed by atoms with Crippen molar-refractivity contribution in [2.24, 2.45) is 0 Å². The van der Waals surface area contributed by atoms with Gasteiger partial charge in [0.15, 0.2) is 0 Å². The Kier molecular flexibility index (Phi) is 15.6. The average Bonchev–Trinajstić information content (AvgIpc) is 0.768. The van der Waals surface area contributed by atoms with Gasteiger partial charge in [0.1, 0.15) is 0 Å². The van der Waals surface area contributed by atoms with Crippen molar-refractivity contribution in [3.63, 3.8) is 0 Å². The molecule has 528 valence electrons. The molecule has 114 heavy (non-hydrogen) atoms. The topological polar surface area (TPSA) is 155 Å². The lowest BCUT2D eigenvalue weighted by Gasteiger charge is -2.11. The van der Waals surface area contributed by atoms with E-state index in [1.807, 2.05) is 85.7 Å².